The van der Waals surface area contributed by atoms with E-state index in [1.54, 1.807) is 0 Å². The van der Waals surface area contributed by atoms with Crippen LogP contribution in [0.2, 0.25) is 0 Å². The summed E-state index contributed by atoms with van der Waals surface area (Å²) in [5, 5.41) is 0. The molecule has 1 aromatic rings. The third kappa shape index (κ3) is 2.79. The molecule has 2 N–H and O–H groups in total. The first-order valence-electron chi connectivity index (χ1n) is 5.75. The lowest BCUT2D eigenvalue weighted by molar-refractivity contribution is -0.140. The molecule has 0 aliphatic carbocycles. The smallest absolute Gasteiger partial charge is 0.326 e. The highest BCUT2D eigenvalue weighted by Gasteiger charge is 2.40. The number of halogens is 4. The van der Waals surface area contributed by atoms with Crippen LogP contribution in [0.3, 0.4) is 0 Å². The Hall–Kier alpha value is -1.19. The molecule has 1 aliphatic rings. The average Bonchev–Trinajstić information content (AvgIpc) is 2.75. The summed E-state index contributed by atoms with van der Waals surface area (Å²) < 4.78 is 76.8. The van der Waals surface area contributed by atoms with Crippen LogP contribution < -0.4 is 5.73 Å². The van der Waals surface area contributed by atoms with E-state index in [2.05, 4.69) is 0 Å². The normalized spacial score (nSPS) is 21.4. The van der Waals surface area contributed by atoms with E-state index < -0.39 is 38.5 Å². The number of hydrogen-bond acceptors (Lipinski definition) is 3. The average molecular weight is 312 g/mol. The van der Waals surface area contributed by atoms with Gasteiger partial charge < -0.3 is 5.73 Å². The van der Waals surface area contributed by atoms with Gasteiger partial charge in [-0.05, 0) is 24.6 Å². The zero-order valence-electron chi connectivity index (χ0n) is 10.2. The molecule has 1 aromatic carbocycles. The number of sulfonamides is 1. The molecule has 2 rings (SSSR count). The summed E-state index contributed by atoms with van der Waals surface area (Å²) in [7, 11) is -4.34. The molecule has 0 radical (unpaired) electrons. The predicted octanol–water partition coefficient (Wildman–Crippen LogP) is 1.57. The Balaban J connectivity index is 2.52. The molecule has 1 atom stereocenters. The minimum absolute atomic E-state index is 0.0446. The van der Waals surface area contributed by atoms with Crippen molar-refractivity contribution < 1.29 is 26.0 Å². The summed E-state index contributed by atoms with van der Waals surface area (Å²) in [6, 6.07) is 1.11. The summed E-state index contributed by atoms with van der Waals surface area (Å²) in [5.41, 5.74) is 4.06. The minimum atomic E-state index is -4.95. The molecular formula is C11H12F4N2O2S. The maximum Gasteiger partial charge on any atom is 0.417 e. The van der Waals surface area contributed by atoms with E-state index in [1.165, 1.54) is 0 Å². The van der Waals surface area contributed by atoms with Gasteiger partial charge in [0, 0.05) is 19.1 Å². The van der Waals surface area contributed by atoms with Gasteiger partial charge >= 0.3 is 6.18 Å². The van der Waals surface area contributed by atoms with Gasteiger partial charge in [0.25, 0.3) is 0 Å². The van der Waals surface area contributed by atoms with Crippen LogP contribution in [-0.4, -0.2) is 31.9 Å². The lowest BCUT2D eigenvalue weighted by atomic mass is 10.2. The first-order chi connectivity index (χ1) is 9.12. The highest BCUT2D eigenvalue weighted by atomic mass is 32.2. The van der Waals surface area contributed by atoms with Crippen LogP contribution >= 0.6 is 0 Å². The fourth-order valence-electron chi connectivity index (χ4n) is 2.06. The van der Waals surface area contributed by atoms with Crippen molar-refractivity contribution in [2.45, 2.75) is 23.5 Å². The molecule has 1 fully saturated rings. The van der Waals surface area contributed by atoms with Crippen LogP contribution in [0, 0.1) is 5.82 Å². The first-order valence-corrected chi connectivity index (χ1v) is 7.19. The lowest BCUT2D eigenvalue weighted by Gasteiger charge is -2.19. The minimum Gasteiger partial charge on any atom is -0.326 e. The SMILES string of the molecule is N[C@H]1CCN(S(=O)(=O)c2ccc(F)cc2C(F)(F)F)C1. The zero-order chi connectivity index (χ0) is 15.1. The molecule has 9 heteroatoms. The Kier molecular flexibility index (Phi) is 3.78. The van der Waals surface area contributed by atoms with E-state index >= 15 is 0 Å². The van der Waals surface area contributed by atoms with Crippen LogP contribution in [0.4, 0.5) is 17.6 Å². The van der Waals surface area contributed by atoms with Gasteiger partial charge in [-0.3, -0.25) is 0 Å². The molecule has 0 bridgehead atoms. The Labute approximate surface area is 113 Å². The van der Waals surface area contributed by atoms with Crippen LogP contribution in [-0.2, 0) is 16.2 Å². The van der Waals surface area contributed by atoms with E-state index in [-0.39, 0.29) is 19.2 Å². The fourth-order valence-corrected chi connectivity index (χ4v) is 3.76. The van der Waals surface area contributed by atoms with Crippen molar-refractivity contribution in [1.82, 2.24) is 4.31 Å². The van der Waals surface area contributed by atoms with Gasteiger partial charge in [0.15, 0.2) is 0 Å². The Morgan fingerprint density at radius 1 is 1.30 bits per heavy atom. The summed E-state index contributed by atoms with van der Waals surface area (Å²) in [5.74, 6) is -1.14. The second kappa shape index (κ2) is 4.97. The van der Waals surface area contributed by atoms with Crippen LogP contribution in [0.5, 0.6) is 0 Å². The maximum absolute atomic E-state index is 13.0. The molecule has 0 amide bonds. The fraction of sp³-hybridized carbons (Fsp3) is 0.455. The Morgan fingerprint density at radius 3 is 2.45 bits per heavy atom. The molecular weight excluding hydrogens is 300 g/mol. The van der Waals surface area contributed by atoms with Gasteiger partial charge in [0.05, 0.1) is 10.5 Å². The van der Waals surface area contributed by atoms with Gasteiger partial charge in [0.1, 0.15) is 5.82 Å². The number of alkyl halides is 3. The molecule has 1 heterocycles. The predicted molar refractivity (Wildman–Crippen MR) is 62.8 cm³/mol. The molecule has 4 nitrogen and oxygen atoms in total. The summed E-state index contributed by atoms with van der Waals surface area (Å²) in [6.07, 6.45) is -4.58. The van der Waals surface area contributed by atoms with Crippen molar-refractivity contribution >= 4 is 10.0 Å². The van der Waals surface area contributed by atoms with Crippen molar-refractivity contribution in [2.75, 3.05) is 13.1 Å². The van der Waals surface area contributed by atoms with Gasteiger partial charge in [-0.1, -0.05) is 0 Å². The number of nitrogens with zero attached hydrogens (tertiary/aromatic N) is 1. The van der Waals surface area contributed by atoms with Crippen molar-refractivity contribution in [2.24, 2.45) is 5.73 Å². The lowest BCUT2D eigenvalue weighted by Crippen LogP contribution is -2.33. The molecule has 1 saturated heterocycles. The maximum atomic E-state index is 13.0. The molecule has 0 aromatic heterocycles. The van der Waals surface area contributed by atoms with Gasteiger partial charge in [-0.25, -0.2) is 12.8 Å². The quantitative estimate of drug-likeness (QED) is 0.843. The zero-order valence-corrected chi connectivity index (χ0v) is 11.0. The number of rotatable bonds is 2. The van der Waals surface area contributed by atoms with Crippen molar-refractivity contribution in [3.63, 3.8) is 0 Å². The van der Waals surface area contributed by atoms with Gasteiger partial charge in [-0.2, -0.15) is 17.5 Å². The Bertz CT molecular complexity index is 615. The molecule has 1 aliphatic heterocycles. The third-order valence-corrected chi connectivity index (χ3v) is 4.98. The van der Waals surface area contributed by atoms with Crippen molar-refractivity contribution in [1.29, 1.82) is 0 Å². The van der Waals surface area contributed by atoms with Crippen molar-refractivity contribution in [3.05, 3.63) is 29.6 Å². The summed E-state index contributed by atoms with van der Waals surface area (Å²) in [4.78, 5) is -0.944. The van der Waals surface area contributed by atoms with E-state index in [0.717, 1.165) is 4.31 Å². The highest BCUT2D eigenvalue weighted by Crippen LogP contribution is 2.36. The third-order valence-electron chi connectivity index (χ3n) is 3.05. The van der Waals surface area contributed by atoms with E-state index in [0.29, 0.717) is 18.6 Å². The van der Waals surface area contributed by atoms with Crippen LogP contribution in [0.15, 0.2) is 23.1 Å². The molecule has 20 heavy (non-hydrogen) atoms. The Morgan fingerprint density at radius 2 is 1.95 bits per heavy atom. The molecule has 0 spiro atoms. The second-order valence-electron chi connectivity index (χ2n) is 4.55. The standard InChI is InChI=1S/C11H12F4N2O2S/c12-7-1-2-10(9(5-7)11(13,14)15)20(18,19)17-4-3-8(16)6-17/h1-2,5,8H,3-4,6,16H2/t8-/m0/s1. The number of hydrogen-bond donors (Lipinski definition) is 1. The summed E-state index contributed by atoms with van der Waals surface area (Å²) >= 11 is 0. The largest absolute Gasteiger partial charge is 0.417 e. The van der Waals surface area contributed by atoms with Crippen LogP contribution in [0.1, 0.15) is 12.0 Å². The van der Waals surface area contributed by atoms with E-state index in [1.807, 2.05) is 0 Å². The molecule has 0 unspecified atom stereocenters. The van der Waals surface area contributed by atoms with E-state index in [9.17, 15) is 26.0 Å². The van der Waals surface area contributed by atoms with Gasteiger partial charge in [-0.15, -0.1) is 0 Å². The number of benzene rings is 1. The number of nitrogens with two attached hydrogens (primary N) is 1. The second-order valence-corrected chi connectivity index (χ2v) is 6.46. The monoisotopic (exact) mass is 312 g/mol. The molecule has 0 saturated carbocycles. The topological polar surface area (TPSA) is 63.4 Å². The summed E-state index contributed by atoms with van der Waals surface area (Å²) in [6.45, 7) is 0.00911. The van der Waals surface area contributed by atoms with Crippen molar-refractivity contribution in [3.8, 4) is 0 Å². The van der Waals surface area contributed by atoms with Gasteiger partial charge in [0.2, 0.25) is 10.0 Å². The van der Waals surface area contributed by atoms with Crippen LogP contribution in [0.25, 0.3) is 0 Å². The molecule has 112 valence electrons. The van der Waals surface area contributed by atoms with E-state index in [4.69, 9.17) is 5.73 Å². The highest BCUT2D eigenvalue weighted by molar-refractivity contribution is 7.89. The first kappa shape index (κ1) is 15.2.